The third-order valence-electron chi connectivity index (χ3n) is 3.23. The first-order chi connectivity index (χ1) is 10.8. The molecule has 0 bridgehead atoms. The molecule has 114 valence electrons. The maximum Gasteiger partial charge on any atom is 0.236 e. The molecule has 0 radical (unpaired) electrons. The minimum Gasteiger partial charge on any atom is -0.484 e. The average Bonchev–Trinajstić information content (AvgIpc) is 2.98. The van der Waals surface area contributed by atoms with Crippen LogP contribution >= 0.6 is 11.6 Å². The normalized spacial score (nSPS) is 14.6. The molecule has 0 amide bonds. The van der Waals surface area contributed by atoms with Gasteiger partial charge in [0.05, 0.1) is 13.2 Å². The monoisotopic (exact) mass is 319 g/mol. The highest BCUT2D eigenvalue weighted by Crippen LogP contribution is 2.24. The third-order valence-corrected chi connectivity index (χ3v) is 3.49. The molecule has 0 atom stereocenters. The number of nitrogens with zero attached hydrogens (tertiary/aromatic N) is 3. The molecule has 1 saturated heterocycles. The van der Waals surface area contributed by atoms with Gasteiger partial charge in [-0.3, -0.25) is 0 Å². The number of anilines is 1. The van der Waals surface area contributed by atoms with Crippen molar-refractivity contribution >= 4 is 17.5 Å². The lowest BCUT2D eigenvalue weighted by Gasteiger charge is -2.25. The molecule has 2 aromatic rings. The van der Waals surface area contributed by atoms with Gasteiger partial charge in [0.15, 0.2) is 6.61 Å². The summed E-state index contributed by atoms with van der Waals surface area (Å²) in [6, 6.07) is 9.07. The van der Waals surface area contributed by atoms with E-state index in [1.807, 2.05) is 4.90 Å². The van der Waals surface area contributed by atoms with Crippen LogP contribution in [0.3, 0.4) is 0 Å². The Balaban J connectivity index is 1.70. The standard InChI is InChI=1S/C15H14ClN3O3/c16-11-1-3-12(4-2-11)21-10-14-18-13(9-17)15(22-14)19-5-7-20-8-6-19/h1-4H,5-8,10H2. The first-order valence-electron chi connectivity index (χ1n) is 6.87. The van der Waals surface area contributed by atoms with Gasteiger partial charge in [-0.25, -0.2) is 0 Å². The van der Waals surface area contributed by atoms with Crippen LogP contribution in [0.2, 0.25) is 5.02 Å². The largest absolute Gasteiger partial charge is 0.484 e. The summed E-state index contributed by atoms with van der Waals surface area (Å²) >= 11 is 5.82. The number of hydrogen-bond donors (Lipinski definition) is 0. The van der Waals surface area contributed by atoms with Crippen LogP contribution in [0.5, 0.6) is 5.75 Å². The Labute approximate surface area is 132 Å². The zero-order chi connectivity index (χ0) is 15.4. The number of rotatable bonds is 4. The summed E-state index contributed by atoms with van der Waals surface area (Å²) in [7, 11) is 0. The highest BCUT2D eigenvalue weighted by Gasteiger charge is 2.21. The smallest absolute Gasteiger partial charge is 0.236 e. The van der Waals surface area contributed by atoms with Crippen molar-refractivity contribution in [1.82, 2.24) is 4.98 Å². The number of aromatic nitrogens is 1. The lowest BCUT2D eigenvalue weighted by Crippen LogP contribution is -2.36. The summed E-state index contributed by atoms with van der Waals surface area (Å²) in [6.45, 7) is 2.74. The summed E-state index contributed by atoms with van der Waals surface area (Å²) in [5.41, 5.74) is 0.275. The van der Waals surface area contributed by atoms with Crippen molar-refractivity contribution in [3.63, 3.8) is 0 Å². The van der Waals surface area contributed by atoms with Crippen LogP contribution in [0, 0.1) is 11.3 Å². The first-order valence-corrected chi connectivity index (χ1v) is 7.25. The Morgan fingerprint density at radius 3 is 2.68 bits per heavy atom. The maximum atomic E-state index is 9.19. The summed E-state index contributed by atoms with van der Waals surface area (Å²) in [4.78, 5) is 6.13. The Hall–Kier alpha value is -2.23. The average molecular weight is 320 g/mol. The van der Waals surface area contributed by atoms with Crippen LogP contribution < -0.4 is 9.64 Å². The maximum absolute atomic E-state index is 9.19. The second kappa shape index (κ2) is 6.69. The molecule has 1 aliphatic heterocycles. The number of nitriles is 1. The summed E-state index contributed by atoms with van der Waals surface area (Å²) < 4.78 is 16.6. The van der Waals surface area contributed by atoms with Gasteiger partial charge in [-0.15, -0.1) is 0 Å². The van der Waals surface area contributed by atoms with Gasteiger partial charge in [0, 0.05) is 18.1 Å². The van der Waals surface area contributed by atoms with Crippen molar-refractivity contribution in [3.05, 3.63) is 40.9 Å². The van der Waals surface area contributed by atoms with E-state index in [1.54, 1.807) is 24.3 Å². The van der Waals surface area contributed by atoms with Gasteiger partial charge in [0.25, 0.3) is 0 Å². The minimum absolute atomic E-state index is 0.153. The number of benzene rings is 1. The van der Waals surface area contributed by atoms with Crippen LogP contribution in [-0.2, 0) is 11.3 Å². The Morgan fingerprint density at radius 2 is 2.00 bits per heavy atom. The molecule has 22 heavy (non-hydrogen) atoms. The van der Waals surface area contributed by atoms with Gasteiger partial charge < -0.3 is 18.8 Å². The fourth-order valence-corrected chi connectivity index (χ4v) is 2.27. The number of oxazole rings is 1. The molecule has 3 rings (SSSR count). The van der Waals surface area contributed by atoms with Gasteiger partial charge in [0.2, 0.25) is 17.5 Å². The molecule has 1 aromatic carbocycles. The van der Waals surface area contributed by atoms with Gasteiger partial charge in [-0.2, -0.15) is 10.2 Å². The van der Waals surface area contributed by atoms with Crippen molar-refractivity contribution in [2.45, 2.75) is 6.61 Å². The van der Waals surface area contributed by atoms with E-state index in [9.17, 15) is 5.26 Å². The molecule has 7 heteroatoms. The molecule has 0 spiro atoms. The Morgan fingerprint density at radius 1 is 1.27 bits per heavy atom. The highest BCUT2D eigenvalue weighted by molar-refractivity contribution is 6.30. The van der Waals surface area contributed by atoms with E-state index in [4.69, 9.17) is 25.5 Å². The minimum atomic E-state index is 0.153. The van der Waals surface area contributed by atoms with Crippen molar-refractivity contribution in [3.8, 4) is 11.8 Å². The molecule has 0 aliphatic carbocycles. The van der Waals surface area contributed by atoms with Gasteiger partial charge in [0.1, 0.15) is 11.8 Å². The third kappa shape index (κ3) is 3.32. The van der Waals surface area contributed by atoms with Crippen LogP contribution in [0.15, 0.2) is 28.7 Å². The van der Waals surface area contributed by atoms with Crippen molar-refractivity contribution in [1.29, 1.82) is 5.26 Å². The van der Waals surface area contributed by atoms with E-state index in [1.165, 1.54) is 0 Å². The molecule has 0 saturated carbocycles. The highest BCUT2D eigenvalue weighted by atomic mass is 35.5. The molecule has 0 unspecified atom stereocenters. The van der Waals surface area contributed by atoms with Crippen LogP contribution in [0.1, 0.15) is 11.6 Å². The second-order valence-corrected chi connectivity index (χ2v) is 5.15. The van der Waals surface area contributed by atoms with Crippen LogP contribution in [0.25, 0.3) is 0 Å². The predicted octanol–water partition coefficient (Wildman–Crippen LogP) is 2.62. The molecule has 2 heterocycles. The van der Waals surface area contributed by atoms with Crippen LogP contribution in [-0.4, -0.2) is 31.3 Å². The summed E-state index contributed by atoms with van der Waals surface area (Å²) in [6.07, 6.45) is 0. The van der Waals surface area contributed by atoms with E-state index in [0.29, 0.717) is 48.9 Å². The SMILES string of the molecule is N#Cc1nc(COc2ccc(Cl)cc2)oc1N1CCOCC1. The number of halogens is 1. The summed E-state index contributed by atoms with van der Waals surface area (Å²) in [5.74, 6) is 1.52. The van der Waals surface area contributed by atoms with Gasteiger partial charge in [-0.1, -0.05) is 11.6 Å². The lowest BCUT2D eigenvalue weighted by molar-refractivity contribution is 0.120. The molecular formula is C15H14ClN3O3. The lowest BCUT2D eigenvalue weighted by atomic mass is 10.3. The van der Waals surface area contributed by atoms with E-state index in [-0.39, 0.29) is 12.3 Å². The fraction of sp³-hybridized carbons (Fsp3) is 0.333. The molecule has 0 N–H and O–H groups in total. The fourth-order valence-electron chi connectivity index (χ4n) is 2.15. The van der Waals surface area contributed by atoms with Crippen LogP contribution in [0.4, 0.5) is 5.88 Å². The van der Waals surface area contributed by atoms with E-state index >= 15 is 0 Å². The van der Waals surface area contributed by atoms with E-state index < -0.39 is 0 Å². The molecule has 6 nitrogen and oxygen atoms in total. The molecule has 1 aliphatic rings. The number of hydrogen-bond acceptors (Lipinski definition) is 6. The van der Waals surface area contributed by atoms with E-state index in [2.05, 4.69) is 11.1 Å². The number of morpholine rings is 1. The summed E-state index contributed by atoms with van der Waals surface area (Å²) in [5, 5.41) is 9.84. The van der Waals surface area contributed by atoms with Crippen molar-refractivity contribution in [2.75, 3.05) is 31.2 Å². The predicted molar refractivity (Wildman–Crippen MR) is 80.0 cm³/mol. The first kappa shape index (κ1) is 14.7. The molecule has 1 fully saturated rings. The van der Waals surface area contributed by atoms with Gasteiger partial charge in [-0.05, 0) is 24.3 Å². The zero-order valence-electron chi connectivity index (χ0n) is 11.8. The van der Waals surface area contributed by atoms with Crippen molar-refractivity contribution < 1.29 is 13.9 Å². The quantitative estimate of drug-likeness (QED) is 0.862. The number of ether oxygens (including phenoxy) is 2. The van der Waals surface area contributed by atoms with E-state index in [0.717, 1.165) is 0 Å². The molecule has 1 aromatic heterocycles. The zero-order valence-corrected chi connectivity index (χ0v) is 12.5. The van der Waals surface area contributed by atoms with Gasteiger partial charge >= 0.3 is 0 Å². The second-order valence-electron chi connectivity index (χ2n) is 4.72. The van der Waals surface area contributed by atoms with Crippen molar-refractivity contribution in [2.24, 2.45) is 0 Å². The Bertz CT molecular complexity index is 672. The molecular weight excluding hydrogens is 306 g/mol. The topological polar surface area (TPSA) is 71.5 Å². The Kier molecular flexibility index (Phi) is 4.47.